The number of thiol groups is 1. The number of rotatable bonds is 12. The molecule has 0 spiro atoms. The fourth-order valence-corrected chi connectivity index (χ4v) is 73.4. The summed E-state index contributed by atoms with van der Waals surface area (Å²) < 4.78 is 0.258. The van der Waals surface area contributed by atoms with Crippen LogP contribution < -0.4 is 10.4 Å². The van der Waals surface area contributed by atoms with Gasteiger partial charge in [0.15, 0.2) is 0 Å². The summed E-state index contributed by atoms with van der Waals surface area (Å²) >= 11 is 5.71. The van der Waals surface area contributed by atoms with Crippen molar-refractivity contribution in [3.8, 4) is 0 Å². The van der Waals surface area contributed by atoms with Gasteiger partial charge in [-0.05, 0) is 73.6 Å². The van der Waals surface area contributed by atoms with Gasteiger partial charge in [0.25, 0.3) is 0 Å². The fourth-order valence-electron chi connectivity index (χ4n) is 12.8. The largest absolute Gasteiger partial charge is 0.417 e. The standard InChI is InChI=1S/C39H80OSSi8/c1-29-25-30(2)35(31(3)26-29)49(40,41)36-33(37(42(4,5)6)43(7,8)9)27-32(28-34(36)38(44(10,11)12)45(13,14)15)39(46(16,17)18,47(19,20)21)48(22,23)24/h25-28,37-38,40-41H,1-24H3. The van der Waals surface area contributed by atoms with Crippen molar-refractivity contribution in [1.29, 1.82) is 0 Å². The third kappa shape index (κ3) is 8.74. The Morgan fingerprint density at radius 1 is 0.469 bits per heavy atom. The van der Waals surface area contributed by atoms with Gasteiger partial charge in [-0.1, -0.05) is 167 Å². The molecule has 0 amide bonds. The summed E-state index contributed by atoms with van der Waals surface area (Å²) in [5, 5.41) is 3.48. The molecule has 10 heteroatoms. The highest BCUT2D eigenvalue weighted by atomic mass is 32.3. The van der Waals surface area contributed by atoms with Crippen molar-refractivity contribution >= 4 is 86.4 Å². The molecule has 0 aromatic heterocycles. The van der Waals surface area contributed by atoms with Gasteiger partial charge in [-0.15, -0.1) is 0 Å². The molecule has 0 saturated carbocycles. The lowest BCUT2D eigenvalue weighted by Gasteiger charge is -2.60. The van der Waals surface area contributed by atoms with E-state index in [1.807, 2.05) is 0 Å². The van der Waals surface area contributed by atoms with Crippen molar-refractivity contribution in [2.45, 2.75) is 173 Å². The zero-order valence-corrected chi connectivity index (χ0v) is 45.8. The van der Waals surface area contributed by atoms with Crippen LogP contribution in [-0.2, 0) is 4.28 Å². The summed E-state index contributed by atoms with van der Waals surface area (Å²) in [5.41, 5.74) is 8.43. The van der Waals surface area contributed by atoms with E-state index in [0.29, 0.717) is 10.3 Å². The molecule has 1 atom stereocenters. The van der Waals surface area contributed by atoms with Crippen molar-refractivity contribution in [1.82, 2.24) is 0 Å². The second-order valence-electron chi connectivity index (χ2n) is 23.3. The van der Waals surface area contributed by atoms with Crippen LogP contribution in [0.15, 0.2) is 24.3 Å². The maximum Gasteiger partial charge on any atom is 0.315 e. The molecule has 1 unspecified atom stereocenters. The Labute approximate surface area is 319 Å². The minimum Gasteiger partial charge on any atom is -0.417 e. The third-order valence-electron chi connectivity index (χ3n) is 11.5. The van der Waals surface area contributed by atoms with Gasteiger partial charge in [0.1, 0.15) is 0 Å². The topological polar surface area (TPSA) is 20.2 Å². The predicted molar refractivity (Wildman–Crippen MR) is 254 cm³/mol. The van der Waals surface area contributed by atoms with E-state index in [9.17, 15) is 4.80 Å². The molecule has 2 aromatic carbocycles. The molecule has 0 saturated heterocycles. The second-order valence-corrected chi connectivity index (χ2v) is 67.2. The molecule has 0 aliphatic carbocycles. The van der Waals surface area contributed by atoms with Gasteiger partial charge < -0.3 is 4.80 Å². The first-order valence-electron chi connectivity index (χ1n) is 19.0. The highest BCUT2D eigenvalue weighted by molar-refractivity contribution is 8.16. The minimum atomic E-state index is -3.50. The van der Waals surface area contributed by atoms with Crippen LogP contribution in [0.4, 0.5) is 0 Å². The quantitative estimate of drug-likeness (QED) is 0.161. The smallest absolute Gasteiger partial charge is 0.315 e. The van der Waals surface area contributed by atoms with E-state index in [1.54, 1.807) is 5.56 Å². The monoisotopic (exact) mass is 820 g/mol. The average Bonchev–Trinajstić information content (AvgIpc) is 2.70. The Morgan fingerprint density at radius 3 is 0.959 bits per heavy atom. The van der Waals surface area contributed by atoms with Crippen LogP contribution in [-0.4, -0.2) is 68.8 Å². The molecular weight excluding hydrogens is 741 g/mol. The fraction of sp³-hybridized carbons (Fsp3) is 0.692. The molecule has 49 heavy (non-hydrogen) atoms. The Hall–Kier alpha value is 0.485. The molecule has 0 heterocycles. The molecular formula is C39H80OSSi8. The van der Waals surface area contributed by atoms with E-state index >= 15 is 0 Å². The lowest BCUT2D eigenvalue weighted by molar-refractivity contribution is 0.592. The van der Waals surface area contributed by atoms with E-state index < -0.39 is 64.0 Å². The van der Waals surface area contributed by atoms with Gasteiger partial charge in [0.05, 0.1) is 0 Å². The Balaban J connectivity index is 3.74. The van der Waals surface area contributed by atoms with Crippen LogP contribution in [0, 0.1) is 20.8 Å². The van der Waals surface area contributed by atoms with Crippen molar-refractivity contribution in [3.05, 3.63) is 57.6 Å². The van der Waals surface area contributed by atoms with E-state index in [0.717, 1.165) is 5.19 Å². The van der Waals surface area contributed by atoms with E-state index in [1.165, 1.54) is 33.0 Å². The van der Waals surface area contributed by atoms with Gasteiger partial charge in [0, 0.05) is 56.5 Å². The van der Waals surface area contributed by atoms with Crippen molar-refractivity contribution in [2.24, 2.45) is 0 Å². The molecule has 0 aliphatic heterocycles. The van der Waals surface area contributed by atoms with Crippen LogP contribution in [0.25, 0.3) is 0 Å². The number of hydrogen-bond acceptors (Lipinski definition) is 2. The van der Waals surface area contributed by atoms with Gasteiger partial charge in [-0.2, -0.15) is 12.1 Å². The van der Waals surface area contributed by atoms with Gasteiger partial charge in [-0.25, -0.2) is 0 Å². The van der Waals surface area contributed by atoms with Crippen LogP contribution in [0.2, 0.25) is 137 Å². The van der Waals surface area contributed by atoms with Crippen molar-refractivity contribution in [2.75, 3.05) is 0 Å². The molecule has 2 rings (SSSR count). The van der Waals surface area contributed by atoms with E-state index in [2.05, 4.69) is 183 Å². The van der Waals surface area contributed by atoms with Crippen LogP contribution in [0.5, 0.6) is 0 Å². The summed E-state index contributed by atoms with van der Waals surface area (Å²) in [6.07, 6.45) is 0. The molecule has 1 nitrogen and oxygen atoms in total. The SMILES string of the molecule is Cc1cc(C)c([Si](O)(S)c2c(C([Si](C)(C)C)[Si](C)(C)C)cc(C([Si](C)(C)C)([Si](C)(C)C)[Si](C)(C)C)cc2C([Si](C)(C)C)[Si](C)(C)C)c(C)c1. The summed E-state index contributed by atoms with van der Waals surface area (Å²) in [5.74, 6) is 0. The summed E-state index contributed by atoms with van der Waals surface area (Å²) in [6, 6.07) is 10.2. The summed E-state index contributed by atoms with van der Waals surface area (Å²) in [6.45, 7) is 62.3. The molecule has 2 aromatic rings. The zero-order chi connectivity index (χ0) is 39.1. The maximum atomic E-state index is 13.7. The predicted octanol–water partition coefficient (Wildman–Crippen LogP) is 11.6. The van der Waals surface area contributed by atoms with E-state index in [4.69, 9.17) is 12.1 Å². The summed E-state index contributed by atoms with van der Waals surface area (Å²) in [4.78, 5) is 13.7. The molecule has 0 bridgehead atoms. The second kappa shape index (κ2) is 14.0. The van der Waals surface area contributed by atoms with Gasteiger partial charge >= 0.3 is 7.47 Å². The first-order chi connectivity index (χ1) is 21.3. The van der Waals surface area contributed by atoms with Crippen LogP contribution in [0.1, 0.15) is 43.7 Å². The minimum absolute atomic E-state index is 0.258. The molecule has 1 N–H and O–H groups in total. The number of benzene rings is 2. The molecule has 0 aliphatic rings. The molecule has 280 valence electrons. The lowest BCUT2D eigenvalue weighted by Crippen LogP contribution is -2.75. The van der Waals surface area contributed by atoms with E-state index in [-0.39, 0.29) is 4.28 Å². The molecule has 0 radical (unpaired) electrons. The first kappa shape index (κ1) is 45.6. The Kier molecular flexibility index (Phi) is 13.0. The maximum absolute atomic E-state index is 13.7. The van der Waals surface area contributed by atoms with Crippen LogP contribution in [0.3, 0.4) is 0 Å². The summed E-state index contributed by atoms with van der Waals surface area (Å²) in [7, 11) is -16.0. The Morgan fingerprint density at radius 2 is 0.735 bits per heavy atom. The van der Waals surface area contributed by atoms with Gasteiger partial charge in [0.2, 0.25) is 0 Å². The Bertz CT molecular complexity index is 1380. The highest BCUT2D eigenvalue weighted by Gasteiger charge is 2.61. The third-order valence-corrected chi connectivity index (χ3v) is 55.3. The van der Waals surface area contributed by atoms with Crippen molar-refractivity contribution in [3.63, 3.8) is 0 Å². The lowest BCUT2D eigenvalue weighted by atomic mass is 10.1. The van der Waals surface area contributed by atoms with Crippen molar-refractivity contribution < 1.29 is 4.80 Å². The zero-order valence-electron chi connectivity index (χ0n) is 36.9. The van der Waals surface area contributed by atoms with Gasteiger partial charge in [-0.3, -0.25) is 0 Å². The average molecular weight is 822 g/mol. The number of aryl methyl sites for hydroxylation is 3. The number of hydrogen-bond donors (Lipinski definition) is 2. The molecule has 0 fully saturated rings. The highest BCUT2D eigenvalue weighted by Crippen LogP contribution is 2.52. The van der Waals surface area contributed by atoms with Crippen LogP contribution >= 0.6 is 12.1 Å². The normalized spacial score (nSPS) is 16.1. The first-order valence-corrected chi connectivity index (χ1v) is 47.0.